The minimum absolute atomic E-state index is 0. The third-order valence-corrected chi connectivity index (χ3v) is 0. The monoisotopic (exact) mass is 569 g/mol. The molecule has 0 radical (unpaired) electrons. The van der Waals surface area contributed by atoms with Crippen LogP contribution < -0.4 is 51.4 Å². The zero-order valence-electron chi connectivity index (χ0n) is 9.63. The smallest absolute Gasteiger partial charge is 1.00 e. The summed E-state index contributed by atoms with van der Waals surface area (Å²) in [7, 11) is 0. The van der Waals surface area contributed by atoms with E-state index in [-0.39, 0.29) is 160 Å². The molecule has 0 atom stereocenters. The summed E-state index contributed by atoms with van der Waals surface area (Å²) in [4.78, 5) is 0. The standard InChI is InChI=1S/4Fe.K.7NO.3S/c;;;;;7*1-2;;;/q;;;;8*+1;3*-2. The first-order valence-electron chi connectivity index (χ1n) is 1.28. The summed E-state index contributed by atoms with van der Waals surface area (Å²) in [6.45, 7) is 0. The molecule has 0 rings (SSSR count). The van der Waals surface area contributed by atoms with Crippen LogP contribution in [0.25, 0.3) is 0 Å². The minimum Gasteiger partial charge on any atom is -2.00 e. The first-order valence-corrected chi connectivity index (χ1v) is 1.28. The van der Waals surface area contributed by atoms with Crippen molar-refractivity contribution in [2.45, 2.75) is 0 Å². The van der Waals surface area contributed by atoms with E-state index in [1.54, 1.807) is 0 Å². The van der Waals surface area contributed by atoms with Gasteiger partial charge in [-0.1, -0.05) is 0 Å². The van der Waals surface area contributed by atoms with Crippen LogP contribution in [0.15, 0.2) is 0 Å². The van der Waals surface area contributed by atoms with E-state index in [0.717, 1.165) is 0 Å². The molecule has 126 valence electrons. The van der Waals surface area contributed by atoms with E-state index in [9.17, 15) is 0 Å². The first-order chi connectivity index (χ1) is 7.00. The van der Waals surface area contributed by atoms with Crippen molar-refractivity contribution < 1.29 is 153 Å². The van der Waals surface area contributed by atoms with Gasteiger partial charge in [0, 0.05) is 68.3 Å². The van der Waals surface area contributed by atoms with Crippen molar-refractivity contribution in [3.05, 3.63) is 0 Å². The van der Waals surface area contributed by atoms with E-state index in [1.165, 1.54) is 0 Å². The van der Waals surface area contributed by atoms with Gasteiger partial charge in [0.25, 0.3) is 0 Å². The summed E-state index contributed by atoms with van der Waals surface area (Å²) in [5.41, 5.74) is 40.2. The summed E-state index contributed by atoms with van der Waals surface area (Å²) in [5, 5.41) is 0. The summed E-state index contributed by atoms with van der Waals surface area (Å²) in [5.74, 6) is 0. The first kappa shape index (κ1) is 151. The molecule has 0 aliphatic carbocycles. The zero-order valence-corrected chi connectivity index (χ0v) is 19.6. The Balaban J connectivity index is -0.00000000188. The van der Waals surface area contributed by atoms with E-state index in [4.69, 9.17) is 71.6 Å². The molecule has 0 heterocycles. The van der Waals surface area contributed by atoms with Gasteiger partial charge in [-0.3, -0.25) is 0 Å². The Labute approximate surface area is 228 Å². The largest absolute Gasteiger partial charge is 2.00 e. The van der Waals surface area contributed by atoms with E-state index >= 15 is 0 Å². The van der Waals surface area contributed by atoms with Gasteiger partial charge in [0.1, 0.15) is 0 Å². The van der Waals surface area contributed by atoms with Crippen LogP contribution in [0.3, 0.4) is 0 Å². The molecule has 22 heteroatoms. The van der Waals surface area contributed by atoms with Crippen LogP contribution in [0, 0.1) is 38.2 Å². The molecule has 0 bridgehead atoms. The molecule has 0 spiro atoms. The Hall–Kier alpha value is 2.45. The molecule has 0 aliphatic rings. The Bertz CT molecular complexity index is 138. The van der Waals surface area contributed by atoms with Crippen LogP contribution in [0.1, 0.15) is 0 Å². The Morgan fingerprint density at radius 2 is 0.273 bits per heavy atom. The van der Waals surface area contributed by atoms with Crippen LogP contribution in [0.5, 0.6) is 0 Å². The summed E-state index contributed by atoms with van der Waals surface area (Å²) < 4.78 is 50.8. The normalized spacial score (nSPS) is 0.636. The second-order valence-electron chi connectivity index (χ2n) is 0. The molecule has 0 saturated carbocycles. The second kappa shape index (κ2) is 1960. The molecule has 14 nitrogen and oxygen atoms in total. The van der Waals surface area contributed by atoms with Gasteiger partial charge in [0.2, 0.25) is 0 Å². The van der Waals surface area contributed by atoms with Crippen molar-refractivity contribution in [1.29, 1.82) is 38.2 Å². The Kier molecular flexibility index (Phi) is 13400. The molecule has 0 aromatic heterocycles. The van der Waals surface area contributed by atoms with Crippen LogP contribution >= 0.6 is 0 Å². The van der Waals surface area contributed by atoms with Crippen LogP contribution in [-0.2, 0) is 142 Å². The van der Waals surface area contributed by atoms with Gasteiger partial charge in [-0.2, -0.15) is 0 Å². The summed E-state index contributed by atoms with van der Waals surface area (Å²) >= 11 is 0. The van der Waals surface area contributed by atoms with Crippen molar-refractivity contribution in [1.82, 2.24) is 0 Å². The quantitative estimate of drug-likeness (QED) is 0.207. The van der Waals surface area contributed by atoms with Crippen LogP contribution in [0.4, 0.5) is 0 Å². The fourth-order valence-electron chi connectivity index (χ4n) is 0. The van der Waals surface area contributed by atoms with E-state index in [0.29, 0.717) is 0 Å². The Morgan fingerprint density at radius 1 is 0.273 bits per heavy atom. The SMILES string of the molecule is N#[O+].N#[O+].N#[O+].N#[O+].N#[O+].N#[O+].N#[O+].[Fe].[Fe].[Fe].[Fe].[K+].[S-2].[S-2].[S-2]. The fraction of sp³-hybridized carbons (Fsp3) is 0. The van der Waals surface area contributed by atoms with Crippen molar-refractivity contribution in [2.24, 2.45) is 0 Å². The predicted molar refractivity (Wildman–Crippen MR) is 39.0 cm³/mol. The van der Waals surface area contributed by atoms with Gasteiger partial charge in [0.15, 0.2) is 0 Å². The fourth-order valence-corrected chi connectivity index (χ4v) is 0. The molecule has 0 aliphatic heterocycles. The van der Waals surface area contributed by atoms with Gasteiger partial charge in [-0.25, -0.2) is 0 Å². The van der Waals surface area contributed by atoms with Crippen LogP contribution in [-0.4, -0.2) is 0 Å². The maximum Gasteiger partial charge on any atom is 1.00 e. The van der Waals surface area contributed by atoms with E-state index < -0.39 is 0 Å². The number of rotatable bonds is 0. The summed E-state index contributed by atoms with van der Waals surface area (Å²) in [6, 6.07) is 0. The van der Waals surface area contributed by atoms with Crippen molar-refractivity contribution in [3.63, 3.8) is 0 Å². The van der Waals surface area contributed by atoms with E-state index in [1.807, 2.05) is 0 Å². The number of nitrogens with zero attached hydrogens (tertiary/aromatic N) is 7. The van der Waals surface area contributed by atoms with Crippen LogP contribution in [0.2, 0.25) is 0 Å². The van der Waals surface area contributed by atoms with Crippen molar-refractivity contribution >= 4 is 40.5 Å². The minimum atomic E-state index is 0. The molecule has 0 aromatic rings. The third-order valence-electron chi connectivity index (χ3n) is 0. The molecule has 0 fully saturated rings. The molecule has 0 aromatic carbocycles. The van der Waals surface area contributed by atoms with Crippen molar-refractivity contribution in [2.75, 3.05) is 0 Å². The maximum atomic E-state index is 7.25. The van der Waals surface area contributed by atoms with E-state index in [2.05, 4.69) is 0 Å². The number of hydrogen-bond acceptors (Lipinski definition) is 7. The molecule has 0 unspecified atom stereocenters. The average molecular weight is 569 g/mol. The van der Waals surface area contributed by atoms with Gasteiger partial charge >= 0.3 is 123 Å². The molecule has 0 saturated heterocycles. The van der Waals surface area contributed by atoms with Gasteiger partial charge in [-0.15, -0.1) is 0 Å². The average Bonchev–Trinajstić information content (AvgIpc) is 2.45. The maximum absolute atomic E-state index is 7.25. The summed E-state index contributed by atoms with van der Waals surface area (Å²) in [6.07, 6.45) is 0. The predicted octanol–water partition coefficient (Wildman–Crippen LogP) is -3.74. The second-order valence-corrected chi connectivity index (χ2v) is 0. The molecule has 22 heavy (non-hydrogen) atoms. The topological polar surface area (TPSA) is 306 Å². The molecule has 0 amide bonds. The number of hydrogen-bond donors (Lipinski definition) is 0. The molecule has 0 N–H and O–H groups in total. The Morgan fingerprint density at radius 3 is 0.273 bits per heavy atom. The third kappa shape index (κ3) is 1720. The zero-order chi connectivity index (χ0) is 14.0. The molecular weight excluding hydrogens is 569 g/mol. The van der Waals surface area contributed by atoms with Gasteiger partial charge in [-0.05, 0) is 0 Å². The molecular formula is Fe4KN7O7S3+2. The van der Waals surface area contributed by atoms with Crippen molar-refractivity contribution in [3.8, 4) is 0 Å². The van der Waals surface area contributed by atoms with Gasteiger partial charge in [0.05, 0.1) is 0 Å². The van der Waals surface area contributed by atoms with Gasteiger partial charge < -0.3 is 40.5 Å².